The van der Waals surface area contributed by atoms with E-state index in [4.69, 9.17) is 14.0 Å². The van der Waals surface area contributed by atoms with Gasteiger partial charge in [0.2, 0.25) is 0 Å². The lowest BCUT2D eigenvalue weighted by Crippen LogP contribution is -2.52. The summed E-state index contributed by atoms with van der Waals surface area (Å²) in [6, 6.07) is 8.19. The zero-order valence-electron chi connectivity index (χ0n) is 17.4. The van der Waals surface area contributed by atoms with Crippen molar-refractivity contribution >= 4 is 0 Å². The van der Waals surface area contributed by atoms with Gasteiger partial charge in [0, 0.05) is 0 Å². The zero-order valence-corrected chi connectivity index (χ0v) is 17.4. The fourth-order valence-corrected chi connectivity index (χ4v) is 4.84. The van der Waals surface area contributed by atoms with Crippen molar-refractivity contribution in [2.45, 2.75) is 71.9 Å². The highest BCUT2D eigenvalue weighted by molar-refractivity contribution is 5.30. The normalized spacial score (nSPS) is 31.6. The molecule has 152 valence electrons. The molecule has 5 heteroatoms. The summed E-state index contributed by atoms with van der Waals surface area (Å²) in [5, 5.41) is 14.5. The summed E-state index contributed by atoms with van der Waals surface area (Å²) in [7, 11) is 0. The van der Waals surface area contributed by atoms with E-state index in [9.17, 15) is 5.11 Å². The van der Waals surface area contributed by atoms with Gasteiger partial charge in [-0.1, -0.05) is 24.2 Å². The van der Waals surface area contributed by atoms with Crippen molar-refractivity contribution in [1.82, 2.24) is 5.16 Å². The molecule has 1 aliphatic carbocycles. The predicted molar refractivity (Wildman–Crippen MR) is 106 cm³/mol. The second-order valence-electron chi connectivity index (χ2n) is 9.06. The van der Waals surface area contributed by atoms with Crippen LogP contribution in [0.1, 0.15) is 62.3 Å². The largest absolute Gasteiger partial charge is 0.489 e. The molecule has 1 aromatic carbocycles. The number of hydrogen-bond acceptors (Lipinski definition) is 5. The number of ether oxygens (including phenoxy) is 2. The van der Waals surface area contributed by atoms with E-state index < -0.39 is 0 Å². The van der Waals surface area contributed by atoms with Crippen LogP contribution in [0.4, 0.5) is 0 Å². The molecular weight excluding hydrogens is 354 g/mol. The summed E-state index contributed by atoms with van der Waals surface area (Å²) < 4.78 is 17.7. The van der Waals surface area contributed by atoms with Gasteiger partial charge in [-0.15, -0.1) is 0 Å². The average molecular weight is 386 g/mol. The fourth-order valence-electron chi connectivity index (χ4n) is 4.84. The minimum absolute atomic E-state index is 0.00723. The Labute approximate surface area is 167 Å². The van der Waals surface area contributed by atoms with Crippen molar-refractivity contribution in [2.24, 2.45) is 17.8 Å². The molecule has 2 heterocycles. The molecule has 2 bridgehead atoms. The molecule has 0 spiro atoms. The van der Waals surface area contributed by atoms with Gasteiger partial charge in [-0.05, 0) is 76.0 Å². The quantitative estimate of drug-likeness (QED) is 0.823. The van der Waals surface area contributed by atoms with Crippen molar-refractivity contribution < 1.29 is 19.1 Å². The first-order valence-electron chi connectivity index (χ1n) is 10.3. The third-order valence-electron chi connectivity index (χ3n) is 6.94. The Morgan fingerprint density at radius 1 is 1.18 bits per heavy atom. The van der Waals surface area contributed by atoms with Crippen LogP contribution in [0.25, 0.3) is 0 Å². The van der Waals surface area contributed by atoms with Gasteiger partial charge in [0.05, 0.1) is 29.1 Å². The van der Waals surface area contributed by atoms with Crippen LogP contribution in [0.2, 0.25) is 0 Å². The van der Waals surface area contributed by atoms with Crippen LogP contribution in [0.15, 0.2) is 28.8 Å². The number of fused-ring (bicyclic) bond motifs is 2. The molecule has 1 saturated heterocycles. The molecule has 2 fully saturated rings. The summed E-state index contributed by atoms with van der Waals surface area (Å²) in [5.41, 5.74) is 2.80. The Bertz CT molecular complexity index is 806. The van der Waals surface area contributed by atoms with Crippen LogP contribution in [-0.2, 0) is 11.3 Å². The first-order chi connectivity index (χ1) is 13.3. The number of aliphatic hydroxyl groups is 1. The van der Waals surface area contributed by atoms with Gasteiger partial charge in [-0.3, -0.25) is 0 Å². The molecule has 1 aliphatic heterocycles. The molecule has 2 aromatic rings. The fraction of sp³-hybridized carbons (Fsp3) is 0.609. The Morgan fingerprint density at radius 3 is 2.54 bits per heavy atom. The molecule has 5 nitrogen and oxygen atoms in total. The topological polar surface area (TPSA) is 64.7 Å². The number of nitrogens with zero attached hydrogens (tertiary/aromatic N) is 1. The molecule has 5 atom stereocenters. The Balaban J connectivity index is 1.50. The lowest BCUT2D eigenvalue weighted by atomic mass is 9.63. The Morgan fingerprint density at radius 2 is 1.89 bits per heavy atom. The maximum Gasteiger partial charge on any atom is 0.140 e. The van der Waals surface area contributed by atoms with Gasteiger partial charge in [-0.2, -0.15) is 0 Å². The third-order valence-corrected chi connectivity index (χ3v) is 6.94. The molecule has 2 unspecified atom stereocenters. The zero-order chi connectivity index (χ0) is 20.1. The highest BCUT2D eigenvalue weighted by Crippen LogP contribution is 2.53. The summed E-state index contributed by atoms with van der Waals surface area (Å²) in [6.45, 7) is 10.7. The van der Waals surface area contributed by atoms with Gasteiger partial charge in [0.1, 0.15) is 18.1 Å². The number of aliphatic hydroxyl groups excluding tert-OH is 1. The van der Waals surface area contributed by atoms with Crippen LogP contribution in [0.3, 0.4) is 0 Å². The van der Waals surface area contributed by atoms with E-state index in [1.165, 1.54) is 0 Å². The highest BCUT2D eigenvalue weighted by Gasteiger charge is 2.50. The van der Waals surface area contributed by atoms with Gasteiger partial charge in [0.25, 0.3) is 0 Å². The molecule has 0 radical (unpaired) electrons. The van der Waals surface area contributed by atoms with Crippen LogP contribution in [-0.4, -0.2) is 22.0 Å². The number of hydrogen-bond donors (Lipinski definition) is 1. The van der Waals surface area contributed by atoms with E-state index >= 15 is 0 Å². The van der Waals surface area contributed by atoms with E-state index in [0.717, 1.165) is 41.2 Å². The van der Waals surface area contributed by atoms with E-state index in [1.54, 1.807) is 0 Å². The van der Waals surface area contributed by atoms with Crippen molar-refractivity contribution in [1.29, 1.82) is 0 Å². The summed E-state index contributed by atoms with van der Waals surface area (Å²) in [4.78, 5) is 0. The highest BCUT2D eigenvalue weighted by atomic mass is 16.5. The molecule has 2 aliphatic rings. The third kappa shape index (κ3) is 3.46. The van der Waals surface area contributed by atoms with E-state index in [1.807, 2.05) is 26.0 Å². The molecule has 28 heavy (non-hydrogen) atoms. The van der Waals surface area contributed by atoms with Gasteiger partial charge < -0.3 is 19.1 Å². The average Bonchev–Trinajstić information content (AvgIpc) is 2.98. The molecule has 0 amide bonds. The van der Waals surface area contributed by atoms with Crippen LogP contribution >= 0.6 is 0 Å². The SMILES string of the molecule is Cc1noc(C)c1COc1ccc([C@@H]2OC(C)(C)C3CC2[C@H](C)[C@@H](O)C3)cc1. The summed E-state index contributed by atoms with van der Waals surface area (Å²) in [6.07, 6.45) is 1.71. The second-order valence-corrected chi connectivity index (χ2v) is 9.06. The summed E-state index contributed by atoms with van der Waals surface area (Å²) in [5.74, 6) is 2.61. The molecular formula is C23H31NO4. The Hall–Kier alpha value is -1.85. The summed E-state index contributed by atoms with van der Waals surface area (Å²) >= 11 is 0. The molecule has 1 N–H and O–H groups in total. The van der Waals surface area contributed by atoms with E-state index in [-0.39, 0.29) is 23.7 Å². The first kappa shape index (κ1) is 19.5. The number of benzene rings is 1. The maximum atomic E-state index is 10.5. The van der Waals surface area contributed by atoms with Crippen LogP contribution < -0.4 is 4.74 Å². The van der Waals surface area contributed by atoms with Crippen LogP contribution in [0, 0.1) is 31.6 Å². The first-order valence-corrected chi connectivity index (χ1v) is 10.3. The van der Waals surface area contributed by atoms with Crippen molar-refractivity contribution in [3.8, 4) is 5.75 Å². The molecule has 1 saturated carbocycles. The molecule has 1 aromatic heterocycles. The van der Waals surface area contributed by atoms with Crippen molar-refractivity contribution in [3.05, 3.63) is 46.8 Å². The number of aromatic nitrogens is 1. The second kappa shape index (κ2) is 7.20. The molecule has 4 rings (SSSR count). The van der Waals surface area contributed by atoms with Gasteiger partial charge in [-0.25, -0.2) is 0 Å². The van der Waals surface area contributed by atoms with E-state index in [2.05, 4.69) is 38.1 Å². The monoisotopic (exact) mass is 385 g/mol. The number of aryl methyl sites for hydroxylation is 2. The lowest BCUT2D eigenvalue weighted by Gasteiger charge is -2.53. The van der Waals surface area contributed by atoms with Crippen molar-refractivity contribution in [2.75, 3.05) is 0 Å². The maximum absolute atomic E-state index is 10.5. The van der Waals surface area contributed by atoms with Crippen molar-refractivity contribution in [3.63, 3.8) is 0 Å². The van der Waals surface area contributed by atoms with Crippen LogP contribution in [0.5, 0.6) is 5.75 Å². The minimum atomic E-state index is -0.243. The number of rotatable bonds is 4. The predicted octanol–water partition coefficient (Wildman–Crippen LogP) is 4.74. The minimum Gasteiger partial charge on any atom is -0.489 e. The lowest BCUT2D eigenvalue weighted by molar-refractivity contribution is -0.215. The standard InChI is InChI=1S/C23H31NO4/c1-13-19-10-17(11-21(13)25)23(4,5)27-22(19)16-6-8-18(9-7-16)26-12-20-14(2)24-28-15(20)3/h6-9,13,17,19,21-22,25H,10-12H2,1-5H3/t13-,17?,19?,21-,22-/m0/s1. The smallest absolute Gasteiger partial charge is 0.140 e. The van der Waals surface area contributed by atoms with Gasteiger partial charge in [0.15, 0.2) is 0 Å². The van der Waals surface area contributed by atoms with E-state index in [0.29, 0.717) is 18.4 Å². The van der Waals surface area contributed by atoms with Gasteiger partial charge >= 0.3 is 0 Å². The Kier molecular flexibility index (Phi) is 5.00.